The lowest BCUT2D eigenvalue weighted by molar-refractivity contribution is 0.197. The fourth-order valence-corrected chi connectivity index (χ4v) is 3.59. The third-order valence-electron chi connectivity index (χ3n) is 4.03. The Bertz CT molecular complexity index is 535. The number of anilines is 1. The number of hydrogen-bond donors (Lipinski definition) is 2. The molecule has 2 amide bonds. The molecule has 0 aromatic heterocycles. The highest BCUT2D eigenvalue weighted by Crippen LogP contribution is 2.29. The average Bonchev–Trinajstić information content (AvgIpc) is 2.79. The lowest BCUT2D eigenvalue weighted by atomic mass is 10.1. The topological polar surface area (TPSA) is 55.8 Å². The van der Waals surface area contributed by atoms with Crippen molar-refractivity contribution in [2.24, 2.45) is 0 Å². The Labute approximate surface area is 126 Å². The molecule has 3 rings (SSSR count). The van der Waals surface area contributed by atoms with Gasteiger partial charge in [0.25, 0.3) is 0 Å². The molecule has 0 radical (unpaired) electrons. The van der Waals surface area contributed by atoms with E-state index < -0.39 is 6.10 Å². The Balaban J connectivity index is 1.77. The van der Waals surface area contributed by atoms with Crippen LogP contribution < -0.4 is 10.2 Å². The van der Waals surface area contributed by atoms with Gasteiger partial charge in [-0.05, 0) is 24.6 Å². The number of aliphatic hydroxyl groups is 1. The zero-order valence-electron chi connectivity index (χ0n) is 11.3. The lowest BCUT2D eigenvalue weighted by Crippen LogP contribution is -2.52. The number of halogens is 1. The first-order valence-electron chi connectivity index (χ1n) is 6.83. The summed E-state index contributed by atoms with van der Waals surface area (Å²) in [6, 6.07) is 6.34. The molecule has 2 heterocycles. The minimum absolute atomic E-state index is 0.0558. The molecule has 0 bridgehead atoms. The Hall–Kier alpha value is -1.27. The van der Waals surface area contributed by atoms with Crippen LogP contribution in [0.15, 0.2) is 22.7 Å². The van der Waals surface area contributed by atoms with Gasteiger partial charge in [-0.1, -0.05) is 22.0 Å². The summed E-state index contributed by atoms with van der Waals surface area (Å²) in [7, 11) is 0. The van der Waals surface area contributed by atoms with E-state index in [0.29, 0.717) is 0 Å². The zero-order valence-corrected chi connectivity index (χ0v) is 12.9. The number of piperazine rings is 1. The van der Waals surface area contributed by atoms with Gasteiger partial charge in [0.15, 0.2) is 0 Å². The standard InChI is InChI=1S/C14H18BrN3O2/c1-9(19)12-3-2-10(6-13(12)15)17-4-5-18-11(8-17)7-16-14(18)20/h2-3,6,9,11,19H,4-5,7-8H2,1H3,(H,16,20)/t9-,11?/m0/s1. The molecule has 108 valence electrons. The summed E-state index contributed by atoms with van der Waals surface area (Å²) in [5, 5.41) is 12.5. The van der Waals surface area contributed by atoms with Crippen LogP contribution in [0.25, 0.3) is 0 Å². The van der Waals surface area contributed by atoms with Crippen LogP contribution in [0.5, 0.6) is 0 Å². The molecule has 20 heavy (non-hydrogen) atoms. The van der Waals surface area contributed by atoms with E-state index in [1.54, 1.807) is 6.92 Å². The summed E-state index contributed by atoms with van der Waals surface area (Å²) in [5.41, 5.74) is 2.02. The Morgan fingerprint density at radius 2 is 2.25 bits per heavy atom. The first kappa shape index (κ1) is 13.7. The van der Waals surface area contributed by atoms with Crippen LogP contribution >= 0.6 is 15.9 Å². The molecule has 1 aromatic rings. The predicted molar refractivity (Wildman–Crippen MR) is 80.9 cm³/mol. The molecule has 2 atom stereocenters. The first-order valence-corrected chi connectivity index (χ1v) is 7.62. The fraction of sp³-hybridized carbons (Fsp3) is 0.500. The van der Waals surface area contributed by atoms with Crippen molar-refractivity contribution < 1.29 is 9.90 Å². The number of rotatable bonds is 2. The molecule has 2 aliphatic heterocycles. The number of carbonyl (C=O) groups excluding carboxylic acids is 1. The van der Waals surface area contributed by atoms with E-state index >= 15 is 0 Å². The molecule has 2 fully saturated rings. The molecular formula is C14H18BrN3O2. The SMILES string of the molecule is C[C@H](O)c1ccc(N2CCN3C(=O)NCC3C2)cc1Br. The largest absolute Gasteiger partial charge is 0.389 e. The summed E-state index contributed by atoms with van der Waals surface area (Å²) in [5.74, 6) is 0. The van der Waals surface area contributed by atoms with Crippen molar-refractivity contribution >= 4 is 27.6 Å². The summed E-state index contributed by atoms with van der Waals surface area (Å²) in [6.07, 6.45) is -0.480. The van der Waals surface area contributed by atoms with E-state index in [2.05, 4.69) is 26.1 Å². The molecule has 1 aromatic carbocycles. The molecule has 1 unspecified atom stereocenters. The normalized spacial score (nSPS) is 23.6. The van der Waals surface area contributed by atoms with Gasteiger partial charge in [0.1, 0.15) is 0 Å². The van der Waals surface area contributed by atoms with Gasteiger partial charge in [0.2, 0.25) is 0 Å². The fourth-order valence-electron chi connectivity index (χ4n) is 2.89. The lowest BCUT2D eigenvalue weighted by Gasteiger charge is -2.38. The van der Waals surface area contributed by atoms with E-state index in [1.807, 2.05) is 23.1 Å². The van der Waals surface area contributed by atoms with Crippen molar-refractivity contribution in [1.82, 2.24) is 10.2 Å². The van der Waals surface area contributed by atoms with Gasteiger partial charge in [0, 0.05) is 36.3 Å². The van der Waals surface area contributed by atoms with Crippen LogP contribution in [-0.2, 0) is 0 Å². The number of urea groups is 1. The van der Waals surface area contributed by atoms with Gasteiger partial charge < -0.3 is 20.2 Å². The molecule has 0 saturated carbocycles. The van der Waals surface area contributed by atoms with Crippen molar-refractivity contribution in [2.75, 3.05) is 31.1 Å². The Morgan fingerprint density at radius 3 is 2.95 bits per heavy atom. The number of carbonyl (C=O) groups is 1. The van der Waals surface area contributed by atoms with Crippen LogP contribution in [0.3, 0.4) is 0 Å². The predicted octanol–water partition coefficient (Wildman–Crippen LogP) is 1.72. The van der Waals surface area contributed by atoms with Crippen molar-refractivity contribution in [1.29, 1.82) is 0 Å². The second-order valence-corrected chi connectivity index (χ2v) is 6.22. The van der Waals surface area contributed by atoms with Crippen molar-refractivity contribution in [2.45, 2.75) is 19.1 Å². The number of benzene rings is 1. The van der Waals surface area contributed by atoms with E-state index in [1.165, 1.54) is 0 Å². The molecule has 2 N–H and O–H groups in total. The summed E-state index contributed by atoms with van der Waals surface area (Å²) >= 11 is 3.52. The molecule has 2 aliphatic rings. The number of amides is 2. The van der Waals surface area contributed by atoms with Crippen LogP contribution in [0.4, 0.5) is 10.5 Å². The van der Waals surface area contributed by atoms with E-state index in [9.17, 15) is 9.90 Å². The van der Waals surface area contributed by atoms with E-state index in [0.717, 1.165) is 41.9 Å². The quantitative estimate of drug-likeness (QED) is 0.862. The highest BCUT2D eigenvalue weighted by Gasteiger charge is 2.35. The first-order chi connectivity index (χ1) is 9.56. The van der Waals surface area contributed by atoms with Crippen LogP contribution in [0, 0.1) is 0 Å². The molecule has 0 aliphatic carbocycles. The van der Waals surface area contributed by atoms with Gasteiger partial charge in [-0.15, -0.1) is 0 Å². The van der Waals surface area contributed by atoms with Crippen LogP contribution in [0.1, 0.15) is 18.6 Å². The third kappa shape index (κ3) is 2.38. The number of nitrogens with zero attached hydrogens (tertiary/aromatic N) is 2. The minimum Gasteiger partial charge on any atom is -0.389 e. The molecule has 2 saturated heterocycles. The second-order valence-electron chi connectivity index (χ2n) is 5.36. The van der Waals surface area contributed by atoms with E-state index in [4.69, 9.17) is 0 Å². The molecule has 5 nitrogen and oxygen atoms in total. The van der Waals surface area contributed by atoms with Crippen LogP contribution in [0.2, 0.25) is 0 Å². The van der Waals surface area contributed by atoms with Crippen molar-refractivity contribution in [3.63, 3.8) is 0 Å². The highest BCUT2D eigenvalue weighted by atomic mass is 79.9. The minimum atomic E-state index is -0.480. The van der Waals surface area contributed by atoms with Gasteiger partial charge in [0.05, 0.1) is 12.1 Å². The summed E-state index contributed by atoms with van der Waals surface area (Å²) < 4.78 is 0.924. The maximum Gasteiger partial charge on any atom is 0.317 e. The van der Waals surface area contributed by atoms with Crippen molar-refractivity contribution in [3.8, 4) is 0 Å². The van der Waals surface area contributed by atoms with Gasteiger partial charge in [-0.2, -0.15) is 0 Å². The Morgan fingerprint density at radius 1 is 1.45 bits per heavy atom. The highest BCUT2D eigenvalue weighted by molar-refractivity contribution is 9.10. The van der Waals surface area contributed by atoms with Gasteiger partial charge in [-0.3, -0.25) is 0 Å². The summed E-state index contributed by atoms with van der Waals surface area (Å²) in [6.45, 7) is 4.92. The molecule has 6 heteroatoms. The zero-order chi connectivity index (χ0) is 14.3. The monoisotopic (exact) mass is 339 g/mol. The van der Waals surface area contributed by atoms with E-state index in [-0.39, 0.29) is 12.1 Å². The number of hydrogen-bond acceptors (Lipinski definition) is 3. The van der Waals surface area contributed by atoms with Gasteiger partial charge in [-0.25, -0.2) is 4.79 Å². The summed E-state index contributed by atoms with van der Waals surface area (Å²) in [4.78, 5) is 15.8. The maximum atomic E-state index is 11.6. The van der Waals surface area contributed by atoms with Crippen molar-refractivity contribution in [3.05, 3.63) is 28.2 Å². The average molecular weight is 340 g/mol. The third-order valence-corrected chi connectivity index (χ3v) is 4.72. The molecular weight excluding hydrogens is 322 g/mol. The number of aliphatic hydroxyl groups excluding tert-OH is 1. The smallest absolute Gasteiger partial charge is 0.317 e. The molecule has 0 spiro atoms. The van der Waals surface area contributed by atoms with Gasteiger partial charge >= 0.3 is 6.03 Å². The number of nitrogens with one attached hydrogen (secondary N) is 1. The number of fused-ring (bicyclic) bond motifs is 1. The second kappa shape index (κ2) is 5.26. The van der Waals surface area contributed by atoms with Crippen LogP contribution in [-0.4, -0.2) is 48.3 Å². The Kier molecular flexibility index (Phi) is 3.60. The maximum absolute atomic E-state index is 11.6.